The third-order valence-electron chi connectivity index (χ3n) is 3.29. The molecule has 2 aromatic carbocycles. The summed E-state index contributed by atoms with van der Waals surface area (Å²) >= 11 is 0. The average Bonchev–Trinajstić information content (AvgIpc) is 2.50. The number of nitrogens with two attached hydrogens (primary N) is 2. The molecule has 0 aromatic heterocycles. The normalized spacial score (nSPS) is 11.0. The van der Waals surface area contributed by atoms with E-state index in [0.29, 0.717) is 11.4 Å². The number of rotatable bonds is 4. The van der Waals surface area contributed by atoms with Gasteiger partial charge in [0.25, 0.3) is 0 Å². The van der Waals surface area contributed by atoms with Crippen molar-refractivity contribution in [3.63, 3.8) is 0 Å². The summed E-state index contributed by atoms with van der Waals surface area (Å²) in [6.45, 7) is 2.65. The second-order valence-corrected chi connectivity index (χ2v) is 7.31. The third kappa shape index (κ3) is 4.07. The van der Waals surface area contributed by atoms with Crippen molar-refractivity contribution in [1.29, 1.82) is 0 Å². The molecule has 2 rings (SSSR count). The van der Waals surface area contributed by atoms with Crippen LogP contribution in [0.3, 0.4) is 0 Å². The fourth-order valence-electron chi connectivity index (χ4n) is 2.16. The maximum absolute atomic E-state index is 12.7. The highest BCUT2D eigenvalue weighted by molar-refractivity contribution is 7.91. The summed E-state index contributed by atoms with van der Waals surface area (Å²) in [5.41, 5.74) is 12.5. The smallest absolute Gasteiger partial charge is 0.221 e. The van der Waals surface area contributed by atoms with E-state index in [1.165, 1.54) is 50.2 Å². The lowest BCUT2D eigenvalue weighted by atomic mass is 10.2. The lowest BCUT2D eigenvalue weighted by molar-refractivity contribution is -0.115. The molecule has 2 aromatic rings. The van der Waals surface area contributed by atoms with E-state index in [2.05, 4.69) is 10.6 Å². The van der Waals surface area contributed by atoms with Crippen LogP contribution in [0.5, 0.6) is 0 Å². The highest BCUT2D eigenvalue weighted by Gasteiger charge is 2.20. The van der Waals surface area contributed by atoms with Gasteiger partial charge in [-0.1, -0.05) is 0 Å². The summed E-state index contributed by atoms with van der Waals surface area (Å²) in [6, 6.07) is 8.04. The van der Waals surface area contributed by atoms with Gasteiger partial charge in [-0.2, -0.15) is 0 Å². The molecule has 8 nitrogen and oxygen atoms in total. The fraction of sp³-hybridized carbons (Fsp3) is 0.125. The highest BCUT2D eigenvalue weighted by Crippen LogP contribution is 2.30. The quantitative estimate of drug-likeness (QED) is 0.608. The molecule has 0 heterocycles. The van der Waals surface area contributed by atoms with E-state index in [1.54, 1.807) is 0 Å². The Kier molecular flexibility index (Phi) is 4.98. The molecule has 132 valence electrons. The summed E-state index contributed by atoms with van der Waals surface area (Å²) in [4.78, 5) is 22.1. The van der Waals surface area contributed by atoms with Gasteiger partial charge in [-0.05, 0) is 36.4 Å². The van der Waals surface area contributed by atoms with E-state index in [4.69, 9.17) is 11.5 Å². The minimum atomic E-state index is -3.86. The standard InChI is InChI=1S/C16H18N4O4S/c1-9(21)19-15-5-3-11(7-13(15)17)25(23,24)12-4-6-16(14(18)8-12)20-10(2)22/h3-8H,17-18H2,1-2H3,(H,19,21)(H,20,22). The molecule has 2 amide bonds. The molecular formula is C16H18N4O4S. The van der Waals surface area contributed by atoms with Crippen molar-refractivity contribution in [1.82, 2.24) is 0 Å². The van der Waals surface area contributed by atoms with Crippen molar-refractivity contribution < 1.29 is 18.0 Å². The van der Waals surface area contributed by atoms with E-state index < -0.39 is 9.84 Å². The van der Waals surface area contributed by atoms with Crippen molar-refractivity contribution in [2.75, 3.05) is 22.1 Å². The van der Waals surface area contributed by atoms with Crippen LogP contribution in [-0.4, -0.2) is 20.2 Å². The van der Waals surface area contributed by atoms with Crippen LogP contribution in [0.2, 0.25) is 0 Å². The minimum absolute atomic E-state index is 0.0363. The van der Waals surface area contributed by atoms with Crippen molar-refractivity contribution in [2.24, 2.45) is 0 Å². The van der Waals surface area contributed by atoms with Crippen LogP contribution in [-0.2, 0) is 19.4 Å². The molecule has 0 radical (unpaired) electrons. The van der Waals surface area contributed by atoms with E-state index in [0.717, 1.165) is 0 Å². The fourth-order valence-corrected chi connectivity index (χ4v) is 3.49. The third-order valence-corrected chi connectivity index (χ3v) is 5.04. The van der Waals surface area contributed by atoms with Gasteiger partial charge in [0.15, 0.2) is 0 Å². The summed E-state index contributed by atoms with van der Waals surface area (Å²) in [5.74, 6) is -0.632. The van der Waals surface area contributed by atoms with Gasteiger partial charge in [0.05, 0.1) is 32.5 Å². The topological polar surface area (TPSA) is 144 Å². The largest absolute Gasteiger partial charge is 0.397 e. The summed E-state index contributed by atoms with van der Waals surface area (Å²) in [7, 11) is -3.86. The van der Waals surface area contributed by atoms with Crippen LogP contribution in [0, 0.1) is 0 Å². The Morgan fingerprint density at radius 1 is 0.800 bits per heavy atom. The maximum Gasteiger partial charge on any atom is 0.221 e. The number of nitrogen functional groups attached to an aromatic ring is 2. The number of sulfone groups is 1. The first-order valence-electron chi connectivity index (χ1n) is 7.20. The second kappa shape index (κ2) is 6.81. The van der Waals surface area contributed by atoms with E-state index in [-0.39, 0.29) is 33.0 Å². The number of hydrogen-bond acceptors (Lipinski definition) is 6. The number of nitrogens with one attached hydrogen (secondary N) is 2. The minimum Gasteiger partial charge on any atom is -0.397 e. The van der Waals surface area contributed by atoms with Crippen LogP contribution in [0.4, 0.5) is 22.7 Å². The first-order chi connectivity index (χ1) is 11.6. The van der Waals surface area contributed by atoms with E-state index in [1.807, 2.05) is 0 Å². The van der Waals surface area contributed by atoms with Crippen molar-refractivity contribution in [3.8, 4) is 0 Å². The van der Waals surface area contributed by atoms with Crippen molar-refractivity contribution in [3.05, 3.63) is 36.4 Å². The Labute approximate surface area is 145 Å². The van der Waals surface area contributed by atoms with Gasteiger partial charge in [-0.25, -0.2) is 8.42 Å². The maximum atomic E-state index is 12.7. The van der Waals surface area contributed by atoms with Crippen LogP contribution in [0.25, 0.3) is 0 Å². The first kappa shape index (κ1) is 18.3. The van der Waals surface area contributed by atoms with Crippen molar-refractivity contribution in [2.45, 2.75) is 23.6 Å². The average molecular weight is 362 g/mol. The van der Waals surface area contributed by atoms with Crippen molar-refractivity contribution >= 4 is 44.4 Å². The van der Waals surface area contributed by atoms with Gasteiger partial charge in [0, 0.05) is 13.8 Å². The highest BCUT2D eigenvalue weighted by atomic mass is 32.2. The van der Waals surface area contributed by atoms with Gasteiger partial charge < -0.3 is 22.1 Å². The second-order valence-electron chi connectivity index (χ2n) is 5.36. The SMILES string of the molecule is CC(=O)Nc1ccc(S(=O)(=O)c2ccc(NC(C)=O)c(N)c2)cc1N. The molecule has 0 saturated heterocycles. The lowest BCUT2D eigenvalue weighted by Gasteiger charge is -2.11. The number of benzene rings is 2. The van der Waals surface area contributed by atoms with Crippen LogP contribution in [0.15, 0.2) is 46.2 Å². The van der Waals surface area contributed by atoms with Gasteiger partial charge >= 0.3 is 0 Å². The molecule has 0 aliphatic heterocycles. The molecule has 0 unspecified atom stereocenters. The number of carbonyl (C=O) groups excluding carboxylic acids is 2. The van der Waals surface area contributed by atoms with Gasteiger partial charge in [0.1, 0.15) is 0 Å². The summed E-state index contributed by atoms with van der Waals surface area (Å²) in [5, 5.41) is 5.01. The van der Waals surface area contributed by atoms with E-state index >= 15 is 0 Å². The summed E-state index contributed by atoms with van der Waals surface area (Å²) in [6.07, 6.45) is 0. The Morgan fingerprint density at radius 2 is 1.16 bits per heavy atom. The molecule has 0 aliphatic rings. The molecule has 6 N–H and O–H groups in total. The van der Waals surface area contributed by atoms with E-state index in [9.17, 15) is 18.0 Å². The number of anilines is 4. The number of carbonyl (C=O) groups is 2. The first-order valence-corrected chi connectivity index (χ1v) is 8.69. The Bertz CT molecular complexity index is 883. The van der Waals surface area contributed by atoms with Gasteiger partial charge in [0.2, 0.25) is 21.7 Å². The predicted octanol–water partition coefficient (Wildman–Crippen LogP) is 1.60. The predicted molar refractivity (Wildman–Crippen MR) is 95.8 cm³/mol. The molecule has 0 atom stereocenters. The molecule has 0 bridgehead atoms. The molecular weight excluding hydrogens is 344 g/mol. The molecule has 0 aliphatic carbocycles. The molecule has 0 fully saturated rings. The molecule has 0 saturated carbocycles. The Hall–Kier alpha value is -3.07. The lowest BCUT2D eigenvalue weighted by Crippen LogP contribution is -2.10. The Balaban J connectivity index is 2.42. The van der Waals surface area contributed by atoms with Gasteiger partial charge in [-0.3, -0.25) is 9.59 Å². The number of amides is 2. The zero-order chi connectivity index (χ0) is 18.8. The molecule has 9 heteroatoms. The molecule has 0 spiro atoms. The Morgan fingerprint density at radius 3 is 1.44 bits per heavy atom. The zero-order valence-corrected chi connectivity index (χ0v) is 14.5. The zero-order valence-electron chi connectivity index (χ0n) is 13.7. The van der Waals surface area contributed by atoms with Crippen LogP contribution >= 0.6 is 0 Å². The van der Waals surface area contributed by atoms with Crippen LogP contribution < -0.4 is 22.1 Å². The molecule has 25 heavy (non-hydrogen) atoms. The summed E-state index contributed by atoms with van der Waals surface area (Å²) < 4.78 is 25.4. The van der Waals surface area contributed by atoms with Gasteiger partial charge in [-0.15, -0.1) is 0 Å². The monoisotopic (exact) mass is 362 g/mol. The number of hydrogen-bond donors (Lipinski definition) is 4. The van der Waals surface area contributed by atoms with Crippen LogP contribution in [0.1, 0.15) is 13.8 Å².